The number of aromatic nitrogens is 2. The molecule has 3 nitrogen and oxygen atoms in total. The molecule has 5 heteroatoms. The lowest BCUT2D eigenvalue weighted by Gasteiger charge is -2.13. The van der Waals surface area contributed by atoms with Crippen LogP contribution < -0.4 is 5.73 Å². The quantitative estimate of drug-likeness (QED) is 0.916. The monoisotopic (exact) mass is 341 g/mol. The van der Waals surface area contributed by atoms with Crippen LogP contribution in [0.4, 0.5) is 0 Å². The van der Waals surface area contributed by atoms with E-state index in [1.54, 1.807) is 0 Å². The Balaban J connectivity index is 2.20. The van der Waals surface area contributed by atoms with E-state index < -0.39 is 0 Å². The normalized spacial score (nSPS) is 12.7. The van der Waals surface area contributed by atoms with Crippen molar-refractivity contribution < 1.29 is 0 Å². The number of nitrogens with zero attached hydrogens (tertiary/aromatic N) is 2. The minimum absolute atomic E-state index is 0.0769. The Hall–Kier alpha value is -0.840. The van der Waals surface area contributed by atoms with Crippen molar-refractivity contribution in [1.29, 1.82) is 0 Å². The van der Waals surface area contributed by atoms with Gasteiger partial charge in [0, 0.05) is 29.2 Å². The van der Waals surface area contributed by atoms with Crippen molar-refractivity contribution in [3.8, 4) is 0 Å². The Morgan fingerprint density at radius 2 is 2.16 bits per heavy atom. The van der Waals surface area contributed by atoms with Crippen molar-refractivity contribution in [2.24, 2.45) is 5.73 Å². The zero-order valence-corrected chi connectivity index (χ0v) is 13.4. The predicted molar refractivity (Wildman–Crippen MR) is 82.4 cm³/mol. The molecule has 19 heavy (non-hydrogen) atoms. The van der Waals surface area contributed by atoms with E-state index in [1.165, 1.54) is 0 Å². The summed E-state index contributed by atoms with van der Waals surface area (Å²) in [6.07, 6.45) is 0.757. The summed E-state index contributed by atoms with van der Waals surface area (Å²) in [6, 6.07) is 7.85. The average molecular weight is 343 g/mol. The van der Waals surface area contributed by atoms with Crippen molar-refractivity contribution in [2.75, 3.05) is 0 Å². The van der Waals surface area contributed by atoms with E-state index in [0.29, 0.717) is 5.02 Å². The average Bonchev–Trinajstić information content (AvgIpc) is 2.72. The molecule has 0 amide bonds. The van der Waals surface area contributed by atoms with Gasteiger partial charge in [0.15, 0.2) is 0 Å². The number of benzene rings is 1. The summed E-state index contributed by atoms with van der Waals surface area (Å²) in [7, 11) is 0. The molecule has 0 saturated carbocycles. The van der Waals surface area contributed by atoms with Crippen molar-refractivity contribution in [3.63, 3.8) is 0 Å². The van der Waals surface area contributed by atoms with Gasteiger partial charge in [-0.15, -0.1) is 0 Å². The third kappa shape index (κ3) is 3.38. The highest BCUT2D eigenvalue weighted by atomic mass is 79.9. The number of halogens is 2. The Morgan fingerprint density at radius 3 is 2.79 bits per heavy atom. The van der Waals surface area contributed by atoms with Crippen molar-refractivity contribution in [3.05, 3.63) is 50.7 Å². The molecule has 1 unspecified atom stereocenters. The fourth-order valence-electron chi connectivity index (χ4n) is 2.12. The maximum atomic E-state index is 6.26. The van der Waals surface area contributed by atoms with E-state index in [4.69, 9.17) is 17.3 Å². The number of hydrogen-bond acceptors (Lipinski definition) is 2. The summed E-state index contributed by atoms with van der Waals surface area (Å²) >= 11 is 9.49. The van der Waals surface area contributed by atoms with Gasteiger partial charge in [-0.1, -0.05) is 17.7 Å². The molecule has 1 aromatic carbocycles. The topological polar surface area (TPSA) is 43.8 Å². The van der Waals surface area contributed by atoms with Crippen LogP contribution in [0.2, 0.25) is 5.02 Å². The molecular weight excluding hydrogens is 326 g/mol. The molecule has 102 valence electrons. The summed E-state index contributed by atoms with van der Waals surface area (Å²) in [6.45, 7) is 4.94. The molecule has 0 aliphatic heterocycles. The Bertz CT molecular complexity index is 580. The van der Waals surface area contributed by atoms with Crippen LogP contribution in [0.15, 0.2) is 28.7 Å². The maximum absolute atomic E-state index is 6.26. The SMILES string of the molecule is CCn1nc(C)cc1CC(N)c1ccc(Br)c(Cl)c1. The third-order valence-electron chi connectivity index (χ3n) is 3.09. The standard InChI is InChI=1S/C14H17BrClN3/c1-3-19-11(6-9(2)18-19)8-14(17)10-4-5-12(15)13(16)7-10/h4-7,14H,3,8,17H2,1-2H3. The van der Waals surface area contributed by atoms with Gasteiger partial charge in [0.1, 0.15) is 0 Å². The minimum atomic E-state index is -0.0769. The zero-order chi connectivity index (χ0) is 14.0. The lowest BCUT2D eigenvalue weighted by atomic mass is 10.0. The second kappa shape index (κ2) is 6.07. The van der Waals surface area contributed by atoms with Crippen LogP contribution >= 0.6 is 27.5 Å². The second-order valence-corrected chi connectivity index (χ2v) is 5.84. The molecule has 0 spiro atoms. The summed E-state index contributed by atoms with van der Waals surface area (Å²) in [5.74, 6) is 0. The molecule has 0 bridgehead atoms. The Morgan fingerprint density at radius 1 is 1.42 bits per heavy atom. The Labute approximate surface area is 126 Å². The number of aryl methyl sites for hydroxylation is 2. The van der Waals surface area contributed by atoms with Crippen LogP contribution in [-0.2, 0) is 13.0 Å². The second-order valence-electron chi connectivity index (χ2n) is 4.58. The van der Waals surface area contributed by atoms with Crippen LogP contribution in [0, 0.1) is 6.92 Å². The number of rotatable bonds is 4. The van der Waals surface area contributed by atoms with Crippen molar-refractivity contribution in [2.45, 2.75) is 32.9 Å². The van der Waals surface area contributed by atoms with Crippen LogP contribution in [0.25, 0.3) is 0 Å². The first-order valence-corrected chi connectivity index (χ1v) is 7.42. The summed E-state index contributed by atoms with van der Waals surface area (Å²) < 4.78 is 2.88. The van der Waals surface area contributed by atoms with Crippen molar-refractivity contribution in [1.82, 2.24) is 9.78 Å². The summed E-state index contributed by atoms with van der Waals surface area (Å²) in [5, 5.41) is 5.12. The van der Waals surface area contributed by atoms with Crippen LogP contribution in [0.1, 0.15) is 29.9 Å². The highest BCUT2D eigenvalue weighted by Crippen LogP contribution is 2.26. The number of hydrogen-bond donors (Lipinski definition) is 1. The Kier molecular flexibility index (Phi) is 4.66. The van der Waals surface area contributed by atoms with E-state index in [2.05, 4.69) is 34.0 Å². The summed E-state index contributed by atoms with van der Waals surface area (Å²) in [4.78, 5) is 0. The van der Waals surface area contributed by atoms with Gasteiger partial charge in [-0.25, -0.2) is 0 Å². The zero-order valence-electron chi connectivity index (χ0n) is 11.0. The molecule has 0 fully saturated rings. The lowest BCUT2D eigenvalue weighted by Crippen LogP contribution is -2.16. The van der Waals surface area contributed by atoms with Crippen LogP contribution in [-0.4, -0.2) is 9.78 Å². The van der Waals surface area contributed by atoms with Gasteiger partial charge in [0.2, 0.25) is 0 Å². The molecule has 0 aliphatic rings. The first-order chi connectivity index (χ1) is 9.01. The molecule has 1 aromatic heterocycles. The van der Waals surface area contributed by atoms with Gasteiger partial charge < -0.3 is 5.73 Å². The molecule has 1 heterocycles. The van der Waals surface area contributed by atoms with E-state index in [9.17, 15) is 0 Å². The molecule has 0 radical (unpaired) electrons. The minimum Gasteiger partial charge on any atom is -0.324 e. The predicted octanol–water partition coefficient (Wildman–Crippen LogP) is 3.87. The molecule has 0 saturated heterocycles. The van der Waals surface area contributed by atoms with Crippen molar-refractivity contribution >= 4 is 27.5 Å². The van der Waals surface area contributed by atoms with E-state index >= 15 is 0 Å². The first-order valence-electron chi connectivity index (χ1n) is 6.25. The van der Waals surface area contributed by atoms with Gasteiger partial charge in [-0.3, -0.25) is 4.68 Å². The van der Waals surface area contributed by atoms with Gasteiger partial charge >= 0.3 is 0 Å². The van der Waals surface area contributed by atoms with E-state index in [1.807, 2.05) is 29.8 Å². The molecular formula is C14H17BrClN3. The van der Waals surface area contributed by atoms with Gasteiger partial charge in [0.05, 0.1) is 10.7 Å². The molecule has 0 aliphatic carbocycles. The fraction of sp³-hybridized carbons (Fsp3) is 0.357. The molecule has 2 N–H and O–H groups in total. The fourth-order valence-corrected chi connectivity index (χ4v) is 2.56. The lowest BCUT2D eigenvalue weighted by molar-refractivity contribution is 0.587. The maximum Gasteiger partial charge on any atom is 0.0596 e. The number of nitrogens with two attached hydrogens (primary N) is 1. The highest BCUT2D eigenvalue weighted by Gasteiger charge is 2.12. The largest absolute Gasteiger partial charge is 0.324 e. The van der Waals surface area contributed by atoms with Gasteiger partial charge in [-0.05, 0) is 53.5 Å². The van der Waals surface area contributed by atoms with Gasteiger partial charge in [0.25, 0.3) is 0 Å². The molecule has 1 atom stereocenters. The summed E-state index contributed by atoms with van der Waals surface area (Å²) in [5.41, 5.74) is 9.49. The van der Waals surface area contributed by atoms with Crippen LogP contribution in [0.3, 0.4) is 0 Å². The third-order valence-corrected chi connectivity index (χ3v) is 4.32. The molecule has 2 aromatic rings. The van der Waals surface area contributed by atoms with E-state index in [-0.39, 0.29) is 6.04 Å². The van der Waals surface area contributed by atoms with Gasteiger partial charge in [-0.2, -0.15) is 5.10 Å². The molecule has 2 rings (SSSR count). The highest BCUT2D eigenvalue weighted by molar-refractivity contribution is 9.10. The smallest absolute Gasteiger partial charge is 0.0596 e. The van der Waals surface area contributed by atoms with Crippen LogP contribution in [0.5, 0.6) is 0 Å². The van der Waals surface area contributed by atoms with E-state index in [0.717, 1.165) is 34.4 Å². The first kappa shape index (κ1) is 14.6.